The highest BCUT2D eigenvalue weighted by atomic mass is 32.1. The molecule has 0 radical (unpaired) electrons. The Kier molecular flexibility index (Phi) is 4.43. The molecule has 0 aromatic carbocycles. The summed E-state index contributed by atoms with van der Waals surface area (Å²) in [5.74, 6) is -0.0580. The van der Waals surface area contributed by atoms with Gasteiger partial charge in [-0.2, -0.15) is 13.2 Å². The number of halogens is 3. The van der Waals surface area contributed by atoms with E-state index in [0.717, 1.165) is 10.7 Å². The molecule has 0 amide bonds. The molecule has 2 heterocycles. The van der Waals surface area contributed by atoms with Crippen molar-refractivity contribution in [3.8, 4) is 5.88 Å². The van der Waals surface area contributed by atoms with E-state index in [2.05, 4.69) is 20.0 Å². The molecule has 2 rings (SSSR count). The Morgan fingerprint density at radius 3 is 2.70 bits per heavy atom. The van der Waals surface area contributed by atoms with Gasteiger partial charge in [0.15, 0.2) is 6.61 Å². The molecule has 0 saturated carbocycles. The van der Waals surface area contributed by atoms with E-state index < -0.39 is 12.8 Å². The van der Waals surface area contributed by atoms with Gasteiger partial charge in [-0.25, -0.2) is 9.97 Å². The van der Waals surface area contributed by atoms with Gasteiger partial charge in [-0.05, 0) is 13.0 Å². The molecule has 0 fully saturated rings. The Morgan fingerprint density at radius 2 is 2.15 bits per heavy atom. The van der Waals surface area contributed by atoms with Crippen molar-refractivity contribution >= 4 is 17.0 Å². The van der Waals surface area contributed by atoms with Crippen molar-refractivity contribution in [3.05, 3.63) is 34.4 Å². The van der Waals surface area contributed by atoms with Gasteiger partial charge in [0.05, 0.1) is 29.1 Å². The van der Waals surface area contributed by atoms with Gasteiger partial charge in [0.2, 0.25) is 5.88 Å². The maximum Gasteiger partial charge on any atom is 0.422 e. The summed E-state index contributed by atoms with van der Waals surface area (Å²) in [6.45, 7) is 1.11. The lowest BCUT2D eigenvalue weighted by atomic mass is 10.4. The number of hydrogen-bond acceptors (Lipinski definition) is 5. The number of aryl methyl sites for hydroxylation is 1. The van der Waals surface area contributed by atoms with E-state index in [1.54, 1.807) is 17.4 Å². The van der Waals surface area contributed by atoms with Gasteiger partial charge in [-0.15, -0.1) is 11.3 Å². The average Bonchev–Trinajstić information content (AvgIpc) is 2.80. The van der Waals surface area contributed by atoms with E-state index in [-0.39, 0.29) is 5.88 Å². The van der Waals surface area contributed by atoms with Crippen LogP contribution in [0.1, 0.15) is 10.7 Å². The molecule has 0 aliphatic rings. The lowest BCUT2D eigenvalue weighted by molar-refractivity contribution is -0.154. The van der Waals surface area contributed by atoms with E-state index >= 15 is 0 Å². The molecule has 0 aliphatic heterocycles. The standard InChI is InChI=1S/C12H12F3N3OS/c1-8-18-10(6-20-8)5-16-9-2-3-11(17-4-9)19-7-12(13,14)15/h2-4,6,16H,5,7H2,1H3. The molecule has 0 bridgehead atoms. The minimum Gasteiger partial charge on any atom is -0.468 e. The smallest absolute Gasteiger partial charge is 0.422 e. The van der Waals surface area contributed by atoms with Crippen LogP contribution in [-0.4, -0.2) is 22.8 Å². The minimum absolute atomic E-state index is 0.0580. The highest BCUT2D eigenvalue weighted by Gasteiger charge is 2.28. The summed E-state index contributed by atoms with van der Waals surface area (Å²) in [5, 5.41) is 6.00. The maximum atomic E-state index is 12.0. The highest BCUT2D eigenvalue weighted by molar-refractivity contribution is 7.09. The number of ether oxygens (including phenoxy) is 1. The first-order chi connectivity index (χ1) is 9.42. The van der Waals surface area contributed by atoms with Gasteiger partial charge in [0.25, 0.3) is 0 Å². The Labute approximate surface area is 117 Å². The summed E-state index contributed by atoms with van der Waals surface area (Å²) < 4.78 is 40.4. The fraction of sp³-hybridized carbons (Fsp3) is 0.333. The van der Waals surface area contributed by atoms with Crippen LogP contribution in [0.15, 0.2) is 23.7 Å². The van der Waals surface area contributed by atoms with E-state index in [1.165, 1.54) is 12.3 Å². The van der Waals surface area contributed by atoms with Crippen molar-refractivity contribution in [2.75, 3.05) is 11.9 Å². The molecule has 2 aromatic heterocycles. The average molecular weight is 303 g/mol. The number of thiazole rings is 1. The second-order valence-electron chi connectivity index (χ2n) is 4.00. The first-order valence-corrected chi connectivity index (χ1v) is 6.61. The summed E-state index contributed by atoms with van der Waals surface area (Å²) in [6.07, 6.45) is -2.94. The quantitative estimate of drug-likeness (QED) is 0.919. The van der Waals surface area contributed by atoms with Crippen molar-refractivity contribution in [1.29, 1.82) is 0 Å². The number of anilines is 1. The summed E-state index contributed by atoms with van der Waals surface area (Å²) in [6, 6.07) is 3.00. The van der Waals surface area contributed by atoms with Gasteiger partial charge in [-0.1, -0.05) is 0 Å². The molecule has 2 aromatic rings. The molecule has 0 atom stereocenters. The van der Waals surface area contributed by atoms with Crippen molar-refractivity contribution in [2.24, 2.45) is 0 Å². The lowest BCUT2D eigenvalue weighted by Gasteiger charge is -2.09. The maximum absolute atomic E-state index is 12.0. The van der Waals surface area contributed by atoms with Crippen molar-refractivity contribution < 1.29 is 17.9 Å². The van der Waals surface area contributed by atoms with E-state index in [4.69, 9.17) is 0 Å². The van der Waals surface area contributed by atoms with Crippen LogP contribution in [0.3, 0.4) is 0 Å². The molecule has 0 unspecified atom stereocenters. The number of aromatic nitrogens is 2. The van der Waals surface area contributed by atoms with Gasteiger partial charge in [0, 0.05) is 11.4 Å². The summed E-state index contributed by atoms with van der Waals surface area (Å²) in [5.41, 5.74) is 1.60. The fourth-order valence-corrected chi connectivity index (χ4v) is 2.02. The van der Waals surface area contributed by atoms with Crippen molar-refractivity contribution in [3.63, 3.8) is 0 Å². The van der Waals surface area contributed by atoms with Crippen LogP contribution in [0, 0.1) is 6.92 Å². The molecular weight excluding hydrogens is 291 g/mol. The third-order valence-corrected chi connectivity index (χ3v) is 3.08. The zero-order valence-electron chi connectivity index (χ0n) is 10.6. The molecule has 0 aliphatic carbocycles. The highest BCUT2D eigenvalue weighted by Crippen LogP contribution is 2.18. The van der Waals surface area contributed by atoms with Gasteiger partial charge < -0.3 is 10.1 Å². The normalized spacial score (nSPS) is 11.4. The molecule has 20 heavy (non-hydrogen) atoms. The zero-order valence-corrected chi connectivity index (χ0v) is 11.4. The first kappa shape index (κ1) is 14.6. The molecule has 8 heteroatoms. The van der Waals surface area contributed by atoms with Gasteiger partial charge in [0.1, 0.15) is 0 Å². The van der Waals surface area contributed by atoms with Crippen LogP contribution in [0.2, 0.25) is 0 Å². The topological polar surface area (TPSA) is 47.0 Å². The van der Waals surface area contributed by atoms with Crippen LogP contribution >= 0.6 is 11.3 Å². The van der Waals surface area contributed by atoms with Crippen molar-refractivity contribution in [2.45, 2.75) is 19.6 Å². The number of rotatable bonds is 5. The second-order valence-corrected chi connectivity index (χ2v) is 5.06. The number of alkyl halides is 3. The number of nitrogens with one attached hydrogen (secondary N) is 1. The van der Waals surface area contributed by atoms with Crippen LogP contribution in [0.25, 0.3) is 0 Å². The van der Waals surface area contributed by atoms with E-state index in [0.29, 0.717) is 12.2 Å². The molecular formula is C12H12F3N3OS. The molecule has 0 saturated heterocycles. The third kappa shape index (κ3) is 4.69. The zero-order chi connectivity index (χ0) is 14.6. The van der Waals surface area contributed by atoms with Gasteiger partial charge in [-0.3, -0.25) is 0 Å². The molecule has 0 spiro atoms. The predicted molar refractivity (Wildman–Crippen MR) is 70.0 cm³/mol. The Balaban J connectivity index is 1.85. The lowest BCUT2D eigenvalue weighted by Crippen LogP contribution is -2.19. The molecule has 108 valence electrons. The van der Waals surface area contributed by atoms with Crippen molar-refractivity contribution in [1.82, 2.24) is 9.97 Å². The number of nitrogens with zero attached hydrogens (tertiary/aromatic N) is 2. The monoisotopic (exact) mass is 303 g/mol. The SMILES string of the molecule is Cc1nc(CNc2ccc(OCC(F)(F)F)nc2)cs1. The first-order valence-electron chi connectivity index (χ1n) is 5.73. The summed E-state index contributed by atoms with van der Waals surface area (Å²) in [4.78, 5) is 8.08. The molecule has 4 nitrogen and oxygen atoms in total. The van der Waals surface area contributed by atoms with Crippen LogP contribution < -0.4 is 10.1 Å². The predicted octanol–water partition coefficient (Wildman–Crippen LogP) is 3.40. The Morgan fingerprint density at radius 1 is 1.35 bits per heavy atom. The van der Waals surface area contributed by atoms with Crippen LogP contribution in [0.4, 0.5) is 18.9 Å². The van der Waals surface area contributed by atoms with E-state index in [9.17, 15) is 13.2 Å². The number of pyridine rings is 1. The fourth-order valence-electron chi connectivity index (χ4n) is 1.41. The second kappa shape index (κ2) is 6.08. The van der Waals surface area contributed by atoms with E-state index in [1.807, 2.05) is 12.3 Å². The molecule has 1 N–H and O–H groups in total. The number of hydrogen-bond donors (Lipinski definition) is 1. The van der Waals surface area contributed by atoms with Gasteiger partial charge >= 0.3 is 6.18 Å². The Bertz CT molecular complexity index is 554. The summed E-state index contributed by atoms with van der Waals surface area (Å²) >= 11 is 1.56. The summed E-state index contributed by atoms with van der Waals surface area (Å²) in [7, 11) is 0. The minimum atomic E-state index is -4.36. The van der Waals surface area contributed by atoms with Crippen LogP contribution in [-0.2, 0) is 6.54 Å². The largest absolute Gasteiger partial charge is 0.468 e. The third-order valence-electron chi connectivity index (χ3n) is 2.26. The van der Waals surface area contributed by atoms with Crippen LogP contribution in [0.5, 0.6) is 5.88 Å². The Hall–Kier alpha value is -1.83.